The topological polar surface area (TPSA) is 78.5 Å². The summed E-state index contributed by atoms with van der Waals surface area (Å²) in [6.45, 7) is 3.29. The van der Waals surface area contributed by atoms with Gasteiger partial charge in [-0.15, -0.1) is 0 Å². The van der Waals surface area contributed by atoms with Crippen LogP contribution in [0.1, 0.15) is 32.6 Å². The number of fused-ring (bicyclic) bond motifs is 1. The van der Waals surface area contributed by atoms with Gasteiger partial charge in [0.1, 0.15) is 5.52 Å². The van der Waals surface area contributed by atoms with Crippen LogP contribution in [0.3, 0.4) is 0 Å². The molecule has 0 radical (unpaired) electrons. The fourth-order valence-electron chi connectivity index (χ4n) is 2.78. The molecule has 6 nitrogen and oxygen atoms in total. The zero-order valence-corrected chi connectivity index (χ0v) is 11.5. The molecule has 0 aliphatic heterocycles. The van der Waals surface area contributed by atoms with E-state index in [9.17, 15) is 0 Å². The van der Waals surface area contributed by atoms with E-state index < -0.39 is 0 Å². The minimum Gasteiger partial charge on any atom is -0.368 e. The Bertz CT molecular complexity index is 570. The fraction of sp³-hybridized carbons (Fsp3) is 0.615. The first-order valence-electron chi connectivity index (χ1n) is 6.83. The van der Waals surface area contributed by atoms with Crippen LogP contribution in [0.2, 0.25) is 0 Å². The average molecular weight is 260 g/mol. The molecule has 102 valence electrons. The summed E-state index contributed by atoms with van der Waals surface area (Å²) < 4.78 is 0. The third-order valence-electron chi connectivity index (χ3n) is 4.00. The number of imidazole rings is 1. The average Bonchev–Trinajstić information content (AvgIpc) is 3.04. The zero-order valence-electron chi connectivity index (χ0n) is 11.5. The van der Waals surface area contributed by atoms with Gasteiger partial charge in [0.15, 0.2) is 11.5 Å². The molecule has 1 aliphatic carbocycles. The molecule has 1 saturated carbocycles. The van der Waals surface area contributed by atoms with E-state index in [0.29, 0.717) is 17.0 Å². The first-order valence-corrected chi connectivity index (χ1v) is 6.83. The molecule has 0 bridgehead atoms. The van der Waals surface area contributed by atoms with Crippen molar-refractivity contribution in [2.75, 3.05) is 24.2 Å². The zero-order chi connectivity index (χ0) is 13.3. The highest BCUT2D eigenvalue weighted by molar-refractivity contribution is 5.83. The maximum Gasteiger partial charge on any atom is 0.226 e. The largest absolute Gasteiger partial charge is 0.368 e. The molecular formula is C13H20N6. The SMILES string of the molecule is CNc1nc(NCC2(C)CCCC2)c2[nH]cnc2n1. The minimum atomic E-state index is 0.386. The first-order chi connectivity index (χ1) is 9.20. The summed E-state index contributed by atoms with van der Waals surface area (Å²) in [6, 6.07) is 0. The summed E-state index contributed by atoms with van der Waals surface area (Å²) in [6.07, 6.45) is 6.90. The van der Waals surface area contributed by atoms with Gasteiger partial charge in [-0.1, -0.05) is 19.8 Å². The highest BCUT2D eigenvalue weighted by Crippen LogP contribution is 2.37. The Morgan fingerprint density at radius 3 is 2.84 bits per heavy atom. The molecule has 19 heavy (non-hydrogen) atoms. The number of H-pyrrole nitrogens is 1. The van der Waals surface area contributed by atoms with Gasteiger partial charge in [0.05, 0.1) is 6.33 Å². The van der Waals surface area contributed by atoms with Crippen LogP contribution < -0.4 is 10.6 Å². The second kappa shape index (κ2) is 4.68. The summed E-state index contributed by atoms with van der Waals surface area (Å²) in [7, 11) is 1.82. The van der Waals surface area contributed by atoms with Crippen molar-refractivity contribution in [1.29, 1.82) is 0 Å². The Morgan fingerprint density at radius 2 is 2.11 bits per heavy atom. The third kappa shape index (κ3) is 2.34. The lowest BCUT2D eigenvalue weighted by Crippen LogP contribution is -2.23. The standard InChI is InChI=1S/C13H20N6/c1-13(5-3-4-6-13)7-15-10-9-11(17-8-16-9)19-12(14-2)18-10/h8H,3-7H2,1-2H3,(H3,14,15,16,17,18,19). The Balaban J connectivity index is 1.85. The molecule has 2 aromatic rings. The van der Waals surface area contributed by atoms with Crippen LogP contribution in [0.5, 0.6) is 0 Å². The van der Waals surface area contributed by atoms with Gasteiger partial charge in [0.25, 0.3) is 0 Å². The molecule has 2 heterocycles. The first kappa shape index (κ1) is 12.2. The monoisotopic (exact) mass is 260 g/mol. The predicted octanol–water partition coefficient (Wildman–Crippen LogP) is 2.39. The number of hydrogen-bond acceptors (Lipinski definition) is 5. The van der Waals surface area contributed by atoms with E-state index in [-0.39, 0.29) is 0 Å². The minimum absolute atomic E-state index is 0.386. The normalized spacial score (nSPS) is 17.8. The van der Waals surface area contributed by atoms with Crippen molar-refractivity contribution in [3.05, 3.63) is 6.33 Å². The number of nitrogens with zero attached hydrogens (tertiary/aromatic N) is 3. The van der Waals surface area contributed by atoms with Crippen LogP contribution in [0.4, 0.5) is 11.8 Å². The predicted molar refractivity (Wildman–Crippen MR) is 76.3 cm³/mol. The molecule has 0 saturated heterocycles. The van der Waals surface area contributed by atoms with Gasteiger partial charge in [0, 0.05) is 13.6 Å². The van der Waals surface area contributed by atoms with Crippen molar-refractivity contribution in [1.82, 2.24) is 19.9 Å². The molecule has 6 heteroatoms. The molecule has 1 aliphatic rings. The lowest BCUT2D eigenvalue weighted by Gasteiger charge is -2.24. The van der Waals surface area contributed by atoms with Gasteiger partial charge in [-0.25, -0.2) is 4.98 Å². The van der Waals surface area contributed by atoms with Crippen LogP contribution >= 0.6 is 0 Å². The van der Waals surface area contributed by atoms with Crippen molar-refractivity contribution in [2.45, 2.75) is 32.6 Å². The summed E-state index contributed by atoms with van der Waals surface area (Å²) in [5, 5.41) is 6.44. The highest BCUT2D eigenvalue weighted by atomic mass is 15.2. The maximum atomic E-state index is 4.48. The van der Waals surface area contributed by atoms with E-state index >= 15 is 0 Å². The summed E-state index contributed by atoms with van der Waals surface area (Å²) in [5.41, 5.74) is 1.95. The summed E-state index contributed by atoms with van der Waals surface area (Å²) in [4.78, 5) is 16.1. The highest BCUT2D eigenvalue weighted by Gasteiger charge is 2.28. The van der Waals surface area contributed by atoms with Crippen LogP contribution in [0.25, 0.3) is 11.2 Å². The number of nitrogens with one attached hydrogen (secondary N) is 3. The Hall–Kier alpha value is -1.85. The fourth-order valence-corrected chi connectivity index (χ4v) is 2.78. The summed E-state index contributed by atoms with van der Waals surface area (Å²) in [5.74, 6) is 1.43. The van der Waals surface area contributed by atoms with Gasteiger partial charge < -0.3 is 15.6 Å². The van der Waals surface area contributed by atoms with E-state index in [0.717, 1.165) is 17.9 Å². The number of anilines is 2. The molecule has 1 fully saturated rings. The molecule has 0 aromatic carbocycles. The number of hydrogen-bond donors (Lipinski definition) is 3. The molecule has 2 aromatic heterocycles. The summed E-state index contributed by atoms with van der Waals surface area (Å²) >= 11 is 0. The number of aromatic nitrogens is 4. The lowest BCUT2D eigenvalue weighted by molar-refractivity contribution is 0.362. The van der Waals surface area contributed by atoms with Crippen molar-refractivity contribution >= 4 is 22.9 Å². The van der Waals surface area contributed by atoms with Gasteiger partial charge in [0.2, 0.25) is 5.95 Å². The van der Waals surface area contributed by atoms with Gasteiger partial charge in [-0.05, 0) is 18.3 Å². The molecule has 3 N–H and O–H groups in total. The maximum absolute atomic E-state index is 4.48. The van der Waals surface area contributed by atoms with Crippen LogP contribution in [-0.2, 0) is 0 Å². The van der Waals surface area contributed by atoms with Crippen molar-refractivity contribution < 1.29 is 0 Å². The van der Waals surface area contributed by atoms with E-state index in [1.54, 1.807) is 6.33 Å². The van der Waals surface area contributed by atoms with E-state index in [4.69, 9.17) is 0 Å². The van der Waals surface area contributed by atoms with Crippen molar-refractivity contribution in [3.63, 3.8) is 0 Å². The van der Waals surface area contributed by atoms with Crippen LogP contribution in [0, 0.1) is 5.41 Å². The molecule has 0 atom stereocenters. The van der Waals surface area contributed by atoms with Gasteiger partial charge in [-0.2, -0.15) is 9.97 Å². The quantitative estimate of drug-likeness (QED) is 0.786. The Labute approximate surface area is 112 Å². The second-order valence-electron chi connectivity index (χ2n) is 5.62. The molecule has 0 unspecified atom stereocenters. The molecule has 0 spiro atoms. The van der Waals surface area contributed by atoms with E-state index in [1.165, 1.54) is 25.7 Å². The van der Waals surface area contributed by atoms with Crippen molar-refractivity contribution in [3.8, 4) is 0 Å². The van der Waals surface area contributed by atoms with Crippen LogP contribution in [0.15, 0.2) is 6.33 Å². The van der Waals surface area contributed by atoms with Gasteiger partial charge >= 0.3 is 0 Å². The van der Waals surface area contributed by atoms with E-state index in [1.807, 2.05) is 7.05 Å². The smallest absolute Gasteiger partial charge is 0.226 e. The molecule has 3 rings (SSSR count). The third-order valence-corrected chi connectivity index (χ3v) is 4.00. The Morgan fingerprint density at radius 1 is 1.32 bits per heavy atom. The Kier molecular flexibility index (Phi) is 3.00. The van der Waals surface area contributed by atoms with Gasteiger partial charge in [-0.3, -0.25) is 0 Å². The van der Waals surface area contributed by atoms with E-state index in [2.05, 4.69) is 37.5 Å². The number of aromatic amines is 1. The van der Waals surface area contributed by atoms with Crippen LogP contribution in [-0.4, -0.2) is 33.5 Å². The number of rotatable bonds is 4. The molecular weight excluding hydrogens is 240 g/mol. The van der Waals surface area contributed by atoms with Crippen molar-refractivity contribution in [2.24, 2.45) is 5.41 Å². The lowest BCUT2D eigenvalue weighted by atomic mass is 9.89. The molecule has 0 amide bonds. The second-order valence-corrected chi connectivity index (χ2v) is 5.62.